The van der Waals surface area contributed by atoms with Crippen LogP contribution in [0.1, 0.15) is 91.0 Å². The monoisotopic (exact) mass is 534 g/mol. The Morgan fingerprint density at radius 2 is 1.80 bits per heavy atom. The second-order valence-electron chi connectivity index (χ2n) is 12.0. The summed E-state index contributed by atoms with van der Waals surface area (Å²) in [6.07, 6.45) is 9.88. The fraction of sp³-hybridized carbons (Fsp3) is 0.412. The zero-order valence-corrected chi connectivity index (χ0v) is 22.9. The number of hydrogen-bond acceptors (Lipinski definition) is 5. The number of nitrogens with zero attached hydrogens (tertiary/aromatic N) is 2. The van der Waals surface area contributed by atoms with Crippen LogP contribution in [0, 0.1) is 28.6 Å². The van der Waals surface area contributed by atoms with Crippen molar-refractivity contribution >= 4 is 17.7 Å². The van der Waals surface area contributed by atoms with Crippen molar-refractivity contribution in [2.45, 2.75) is 70.1 Å². The van der Waals surface area contributed by atoms with E-state index in [0.29, 0.717) is 29.4 Å². The number of allylic oxidation sites excluding steroid dienone is 4. The molecule has 6 nitrogen and oxygen atoms in total. The Bertz CT molecular complexity index is 1500. The van der Waals surface area contributed by atoms with Crippen molar-refractivity contribution in [1.29, 1.82) is 5.26 Å². The second kappa shape index (κ2) is 10.2. The SMILES string of the molecule is C[C@]12CCC3=C4CCC(=NOC(=O)c5ccccc5)C=C4CCC3C1CC[C@]2(CC#N)c1ccccc1C(=O)O. The smallest absolute Gasteiger partial charge is 0.365 e. The fourth-order valence-corrected chi connectivity index (χ4v) is 8.53. The van der Waals surface area contributed by atoms with Crippen LogP contribution < -0.4 is 0 Å². The van der Waals surface area contributed by atoms with Crippen LogP contribution in [0.25, 0.3) is 0 Å². The number of rotatable bonds is 5. The summed E-state index contributed by atoms with van der Waals surface area (Å²) in [5, 5.41) is 24.2. The molecule has 40 heavy (non-hydrogen) atoms. The number of fused-ring (bicyclic) bond motifs is 4. The maximum atomic E-state index is 12.3. The summed E-state index contributed by atoms with van der Waals surface area (Å²) < 4.78 is 0. The number of aromatic carboxylic acids is 1. The van der Waals surface area contributed by atoms with Crippen LogP contribution >= 0.6 is 0 Å². The number of carbonyl (C=O) groups excluding carboxylic acids is 1. The lowest BCUT2D eigenvalue weighted by atomic mass is 9.50. The van der Waals surface area contributed by atoms with Crippen LogP contribution in [0.2, 0.25) is 0 Å². The van der Waals surface area contributed by atoms with E-state index in [1.165, 1.54) is 11.1 Å². The Morgan fingerprint density at radius 1 is 1.02 bits per heavy atom. The molecule has 6 heteroatoms. The first-order valence-corrected chi connectivity index (χ1v) is 14.3. The Balaban J connectivity index is 1.29. The van der Waals surface area contributed by atoms with E-state index in [0.717, 1.165) is 62.6 Å². The molecule has 204 valence electrons. The van der Waals surface area contributed by atoms with Gasteiger partial charge in [-0.1, -0.05) is 54.1 Å². The third-order valence-corrected chi connectivity index (χ3v) is 10.4. The zero-order chi connectivity index (χ0) is 27.9. The lowest BCUT2D eigenvalue weighted by molar-refractivity contribution is 0.0514. The van der Waals surface area contributed by atoms with Crippen LogP contribution in [-0.2, 0) is 10.3 Å². The third-order valence-electron chi connectivity index (χ3n) is 10.4. The van der Waals surface area contributed by atoms with Crippen LogP contribution in [0.5, 0.6) is 0 Å². The lowest BCUT2D eigenvalue weighted by Crippen LogP contribution is -2.48. The first-order chi connectivity index (χ1) is 19.4. The Labute approximate surface area is 235 Å². The van der Waals surface area contributed by atoms with E-state index < -0.39 is 17.4 Å². The van der Waals surface area contributed by atoms with E-state index >= 15 is 0 Å². The van der Waals surface area contributed by atoms with Crippen molar-refractivity contribution in [2.75, 3.05) is 0 Å². The summed E-state index contributed by atoms with van der Waals surface area (Å²) in [5.74, 6) is -0.488. The molecular weight excluding hydrogens is 500 g/mol. The quantitative estimate of drug-likeness (QED) is 0.318. The molecule has 2 aromatic rings. The van der Waals surface area contributed by atoms with Gasteiger partial charge in [0.2, 0.25) is 0 Å². The summed E-state index contributed by atoms with van der Waals surface area (Å²) in [4.78, 5) is 29.8. The Kier molecular flexibility index (Phi) is 6.70. The van der Waals surface area contributed by atoms with Crippen molar-refractivity contribution in [2.24, 2.45) is 22.4 Å². The number of carboxylic acids is 1. The molecule has 1 N–H and O–H groups in total. The molecule has 0 amide bonds. The molecule has 0 aliphatic heterocycles. The summed E-state index contributed by atoms with van der Waals surface area (Å²) in [6, 6.07) is 18.7. The molecule has 0 saturated heterocycles. The van der Waals surface area contributed by atoms with Gasteiger partial charge in [-0.25, -0.2) is 9.59 Å². The van der Waals surface area contributed by atoms with E-state index in [-0.39, 0.29) is 5.41 Å². The van der Waals surface area contributed by atoms with Crippen LogP contribution in [0.4, 0.5) is 0 Å². The highest BCUT2D eigenvalue weighted by atomic mass is 16.7. The van der Waals surface area contributed by atoms with Gasteiger partial charge in [0.15, 0.2) is 0 Å². The van der Waals surface area contributed by atoms with E-state index in [2.05, 4.69) is 24.2 Å². The molecule has 2 unspecified atom stereocenters. The zero-order valence-electron chi connectivity index (χ0n) is 22.9. The minimum absolute atomic E-state index is 0.142. The van der Waals surface area contributed by atoms with Gasteiger partial charge in [-0.15, -0.1) is 0 Å². The van der Waals surface area contributed by atoms with Gasteiger partial charge in [0, 0.05) is 11.8 Å². The van der Waals surface area contributed by atoms with Crippen LogP contribution in [0.3, 0.4) is 0 Å². The van der Waals surface area contributed by atoms with Crippen molar-refractivity contribution in [3.63, 3.8) is 0 Å². The predicted octanol–water partition coefficient (Wildman–Crippen LogP) is 7.39. The molecule has 4 atom stereocenters. The number of oxime groups is 1. The van der Waals surface area contributed by atoms with Gasteiger partial charge in [-0.3, -0.25) is 0 Å². The van der Waals surface area contributed by atoms with Gasteiger partial charge in [-0.2, -0.15) is 5.26 Å². The maximum absolute atomic E-state index is 12.3. The lowest BCUT2D eigenvalue weighted by Gasteiger charge is -2.54. The van der Waals surface area contributed by atoms with Crippen molar-refractivity contribution < 1.29 is 19.5 Å². The third kappa shape index (κ3) is 4.11. The van der Waals surface area contributed by atoms with Gasteiger partial charge in [0.1, 0.15) is 0 Å². The molecule has 0 bridgehead atoms. The minimum Gasteiger partial charge on any atom is -0.478 e. The average Bonchev–Trinajstić information content (AvgIpc) is 3.29. The van der Waals surface area contributed by atoms with Gasteiger partial charge >= 0.3 is 11.9 Å². The first kappa shape index (κ1) is 26.3. The molecule has 0 radical (unpaired) electrons. The molecule has 2 aromatic carbocycles. The van der Waals surface area contributed by atoms with E-state index in [4.69, 9.17) is 4.84 Å². The minimum atomic E-state index is -0.917. The first-order valence-electron chi connectivity index (χ1n) is 14.3. The van der Waals surface area contributed by atoms with E-state index in [1.54, 1.807) is 42.0 Å². The molecule has 6 rings (SSSR count). The number of nitriles is 1. The van der Waals surface area contributed by atoms with Gasteiger partial charge in [-0.05, 0) is 110 Å². The molecule has 0 aromatic heterocycles. The van der Waals surface area contributed by atoms with Crippen molar-refractivity contribution in [3.05, 3.63) is 94.1 Å². The molecule has 0 heterocycles. The van der Waals surface area contributed by atoms with Crippen LogP contribution in [0.15, 0.2) is 82.5 Å². The highest BCUT2D eigenvalue weighted by Crippen LogP contribution is 2.68. The average molecular weight is 535 g/mol. The van der Waals surface area contributed by atoms with Gasteiger partial charge in [0.25, 0.3) is 0 Å². The summed E-state index contributed by atoms with van der Waals surface area (Å²) >= 11 is 0. The van der Waals surface area contributed by atoms with Crippen molar-refractivity contribution in [1.82, 2.24) is 0 Å². The summed E-state index contributed by atoms with van der Waals surface area (Å²) in [6.45, 7) is 2.33. The standard InChI is InChI=1S/C34H34N2O4/c1-33-17-15-26-25-14-12-24(36-40-32(39)22-7-3-2-4-8-22)21-23(25)11-13-27(26)29(33)16-18-34(33,19-20-35)30-10-6-5-9-28(30)31(37)38/h2-10,21,27,29H,11-19H2,1H3,(H,37,38)/t27?,29?,33-,34-/m0/s1. The second-order valence-corrected chi connectivity index (χ2v) is 12.0. The van der Waals surface area contributed by atoms with Crippen LogP contribution in [-0.4, -0.2) is 22.8 Å². The fourth-order valence-electron chi connectivity index (χ4n) is 8.53. The Hall–Kier alpha value is -3.98. The maximum Gasteiger partial charge on any atom is 0.365 e. The number of benzene rings is 2. The van der Waals surface area contributed by atoms with Gasteiger partial charge in [0.05, 0.1) is 22.9 Å². The number of carbonyl (C=O) groups is 2. The molecule has 4 aliphatic carbocycles. The molecule has 2 fully saturated rings. The topological polar surface area (TPSA) is 99.8 Å². The number of carboxylic acid groups (broad SMARTS) is 1. The van der Waals surface area contributed by atoms with E-state index in [1.807, 2.05) is 18.2 Å². The highest BCUT2D eigenvalue weighted by Gasteiger charge is 2.62. The van der Waals surface area contributed by atoms with Gasteiger partial charge < -0.3 is 9.94 Å². The molecule has 4 aliphatic rings. The summed E-state index contributed by atoms with van der Waals surface area (Å²) in [7, 11) is 0. The molecular formula is C34H34N2O4. The predicted molar refractivity (Wildman–Crippen MR) is 152 cm³/mol. The molecule has 2 saturated carbocycles. The normalized spacial score (nSPS) is 30.0. The number of hydrogen-bond donors (Lipinski definition) is 1. The molecule has 0 spiro atoms. The Morgan fingerprint density at radius 3 is 2.58 bits per heavy atom. The van der Waals surface area contributed by atoms with E-state index in [9.17, 15) is 20.0 Å². The highest BCUT2D eigenvalue weighted by molar-refractivity contribution is 5.98. The van der Waals surface area contributed by atoms with Crippen molar-refractivity contribution in [3.8, 4) is 6.07 Å². The largest absolute Gasteiger partial charge is 0.478 e. The summed E-state index contributed by atoms with van der Waals surface area (Å²) in [5.41, 5.74) is 6.19.